The predicted octanol–water partition coefficient (Wildman–Crippen LogP) is 1.86. The molecule has 2 N–H and O–H groups in total. The van der Waals surface area contributed by atoms with Crippen LogP contribution < -0.4 is 5.56 Å². The van der Waals surface area contributed by atoms with Crippen molar-refractivity contribution in [3.05, 3.63) is 46.4 Å². The van der Waals surface area contributed by atoms with E-state index >= 15 is 0 Å². The van der Waals surface area contributed by atoms with Crippen molar-refractivity contribution in [1.29, 1.82) is 0 Å². The van der Waals surface area contributed by atoms with Gasteiger partial charge in [-0.2, -0.15) is 0 Å². The molecule has 1 aromatic carbocycles. The predicted molar refractivity (Wildman–Crippen MR) is 121 cm³/mol. The molecule has 33 heavy (non-hydrogen) atoms. The Morgan fingerprint density at radius 1 is 1.12 bits per heavy atom. The first-order valence-corrected chi connectivity index (χ1v) is 11.4. The zero-order valence-corrected chi connectivity index (χ0v) is 18.5. The van der Waals surface area contributed by atoms with Gasteiger partial charge in [0.25, 0.3) is 17.9 Å². The van der Waals surface area contributed by atoms with Crippen LogP contribution in [0, 0.1) is 5.41 Å². The van der Waals surface area contributed by atoms with Gasteiger partial charge in [0.05, 0.1) is 11.0 Å². The number of aromatic nitrogens is 1. The summed E-state index contributed by atoms with van der Waals surface area (Å²) in [5.74, 6) is -0.189. The van der Waals surface area contributed by atoms with Gasteiger partial charge in [0.15, 0.2) is 0 Å². The number of carbonyl (C=O) groups excluding carboxylic acids is 2. The topological polar surface area (TPSA) is 120 Å². The molecule has 176 valence electrons. The fourth-order valence-corrected chi connectivity index (χ4v) is 5.29. The van der Waals surface area contributed by atoms with E-state index in [9.17, 15) is 14.4 Å². The highest BCUT2D eigenvalue weighted by molar-refractivity contribution is 6.06. The molecule has 1 unspecified atom stereocenters. The molecule has 9 nitrogen and oxygen atoms in total. The Kier molecular flexibility index (Phi) is 6.78. The summed E-state index contributed by atoms with van der Waals surface area (Å²) in [5.41, 5.74) is -0.145. The number of pyridine rings is 1. The summed E-state index contributed by atoms with van der Waals surface area (Å²) in [6.45, 7) is 3.82. The molecule has 3 aliphatic heterocycles. The molecule has 3 aliphatic rings. The number of aromatic amines is 1. The maximum atomic E-state index is 13.2. The van der Waals surface area contributed by atoms with Crippen molar-refractivity contribution in [1.82, 2.24) is 14.8 Å². The van der Waals surface area contributed by atoms with Crippen LogP contribution in [-0.2, 0) is 14.3 Å². The van der Waals surface area contributed by atoms with Gasteiger partial charge in [0.1, 0.15) is 6.10 Å². The highest BCUT2D eigenvalue weighted by Gasteiger charge is 2.51. The first-order chi connectivity index (χ1) is 16.0. The summed E-state index contributed by atoms with van der Waals surface area (Å²) in [5, 5.41) is 8.07. The molecule has 1 aromatic heterocycles. The summed E-state index contributed by atoms with van der Waals surface area (Å²) in [4.78, 5) is 53.2. The summed E-state index contributed by atoms with van der Waals surface area (Å²) < 4.78 is 5.74. The first kappa shape index (κ1) is 23.0. The van der Waals surface area contributed by atoms with E-state index < -0.39 is 5.41 Å². The summed E-state index contributed by atoms with van der Waals surface area (Å²) >= 11 is 0. The number of likely N-dealkylation sites (tertiary alicyclic amines) is 2. The Morgan fingerprint density at radius 2 is 1.76 bits per heavy atom. The number of amides is 1. The number of nitrogens with one attached hydrogen (secondary N) is 1. The Bertz CT molecular complexity index is 1080. The van der Waals surface area contributed by atoms with Gasteiger partial charge in [0, 0.05) is 43.0 Å². The van der Waals surface area contributed by atoms with Crippen LogP contribution in [0.5, 0.6) is 0 Å². The van der Waals surface area contributed by atoms with Crippen LogP contribution in [0.15, 0.2) is 35.3 Å². The minimum absolute atomic E-state index is 0.0269. The molecule has 3 fully saturated rings. The van der Waals surface area contributed by atoms with Crippen molar-refractivity contribution >= 4 is 29.1 Å². The van der Waals surface area contributed by atoms with E-state index in [-0.39, 0.29) is 30.0 Å². The van der Waals surface area contributed by atoms with Gasteiger partial charge >= 0.3 is 5.97 Å². The lowest BCUT2D eigenvalue weighted by molar-refractivity contribution is -0.151. The maximum absolute atomic E-state index is 13.2. The lowest BCUT2D eigenvalue weighted by Gasteiger charge is -2.36. The molecule has 3 saturated heterocycles. The number of benzene rings is 1. The van der Waals surface area contributed by atoms with Crippen LogP contribution in [0.3, 0.4) is 0 Å². The van der Waals surface area contributed by atoms with Gasteiger partial charge in [-0.1, -0.05) is 18.2 Å². The molecule has 4 heterocycles. The maximum Gasteiger partial charge on any atom is 0.312 e. The van der Waals surface area contributed by atoms with Crippen molar-refractivity contribution in [2.24, 2.45) is 5.41 Å². The number of hydrogen-bond acceptors (Lipinski definition) is 6. The lowest BCUT2D eigenvalue weighted by atomic mass is 9.76. The summed E-state index contributed by atoms with van der Waals surface area (Å²) in [7, 11) is 0. The van der Waals surface area contributed by atoms with E-state index in [1.165, 1.54) is 19.0 Å². The second kappa shape index (κ2) is 9.74. The highest BCUT2D eigenvalue weighted by Crippen LogP contribution is 2.43. The highest BCUT2D eigenvalue weighted by atomic mass is 16.6. The van der Waals surface area contributed by atoms with Gasteiger partial charge < -0.3 is 19.7 Å². The van der Waals surface area contributed by atoms with Crippen molar-refractivity contribution in [2.75, 3.05) is 32.7 Å². The van der Waals surface area contributed by atoms with Crippen molar-refractivity contribution in [2.45, 2.75) is 38.2 Å². The number of piperidine rings is 1. The normalized spacial score (nSPS) is 22.1. The molecular weight excluding hydrogens is 426 g/mol. The van der Waals surface area contributed by atoms with Crippen molar-refractivity contribution in [3.8, 4) is 0 Å². The lowest BCUT2D eigenvalue weighted by Crippen LogP contribution is -2.45. The number of ether oxygens (including phenoxy) is 1. The average Bonchev–Trinajstić information content (AvgIpc) is 3.43. The van der Waals surface area contributed by atoms with E-state index in [0.29, 0.717) is 42.3 Å². The summed E-state index contributed by atoms with van der Waals surface area (Å²) in [6, 6.07) is 7.16. The average molecular weight is 456 g/mol. The van der Waals surface area contributed by atoms with Gasteiger partial charge in [-0.25, -0.2) is 0 Å². The number of esters is 1. The monoisotopic (exact) mass is 455 g/mol. The van der Waals surface area contributed by atoms with Crippen LogP contribution in [0.2, 0.25) is 0 Å². The smallest absolute Gasteiger partial charge is 0.312 e. The quantitative estimate of drug-likeness (QED) is 0.535. The molecule has 9 heteroatoms. The summed E-state index contributed by atoms with van der Waals surface area (Å²) in [6.07, 6.45) is 5.95. The second-order valence-electron chi connectivity index (χ2n) is 8.99. The third-order valence-corrected chi connectivity index (χ3v) is 7.03. The number of fused-ring (bicyclic) bond motifs is 1. The van der Waals surface area contributed by atoms with Crippen LogP contribution in [0.4, 0.5) is 0 Å². The number of cyclic esters (lactones) is 1. The number of nitrogens with zero attached hydrogens (tertiary/aromatic N) is 2. The number of hydrogen-bond donors (Lipinski definition) is 2. The second-order valence-corrected chi connectivity index (χ2v) is 8.99. The molecule has 0 radical (unpaired) electrons. The van der Waals surface area contributed by atoms with E-state index in [0.717, 1.165) is 26.1 Å². The van der Waals surface area contributed by atoms with Gasteiger partial charge in [0.2, 0.25) is 0 Å². The molecule has 2 aromatic rings. The van der Waals surface area contributed by atoms with Crippen molar-refractivity contribution in [3.63, 3.8) is 0 Å². The zero-order valence-electron chi connectivity index (χ0n) is 18.5. The SMILES string of the molecule is O=C(c1c[nH]c(=O)c2ccccc12)N1CCC2(CC1)CC(CN1CCCC1)OC2=O.O=CO. The number of H-pyrrole nitrogens is 1. The molecule has 0 bridgehead atoms. The van der Waals surface area contributed by atoms with Crippen LogP contribution in [-0.4, -0.2) is 77.1 Å². The third kappa shape index (κ3) is 4.64. The Morgan fingerprint density at radius 3 is 2.42 bits per heavy atom. The van der Waals surface area contributed by atoms with E-state index in [2.05, 4.69) is 9.88 Å². The molecule has 0 saturated carbocycles. The van der Waals surface area contributed by atoms with Gasteiger partial charge in [-0.05, 0) is 44.8 Å². The largest absolute Gasteiger partial charge is 0.483 e. The minimum Gasteiger partial charge on any atom is -0.483 e. The van der Waals surface area contributed by atoms with Gasteiger partial charge in [-0.15, -0.1) is 0 Å². The molecule has 1 spiro atoms. The Labute approximate surface area is 191 Å². The molecule has 0 aliphatic carbocycles. The zero-order chi connectivity index (χ0) is 23.4. The molecule has 5 rings (SSSR count). The Hall–Kier alpha value is -3.20. The van der Waals surface area contributed by atoms with Crippen LogP contribution >= 0.6 is 0 Å². The van der Waals surface area contributed by atoms with E-state index in [1.54, 1.807) is 23.1 Å². The number of rotatable bonds is 3. The molecular formula is C24H29N3O6. The number of carboxylic acid groups (broad SMARTS) is 1. The van der Waals surface area contributed by atoms with E-state index in [1.807, 2.05) is 6.07 Å². The first-order valence-electron chi connectivity index (χ1n) is 11.4. The Balaban J connectivity index is 0.000000821. The van der Waals surface area contributed by atoms with Crippen LogP contribution in [0.25, 0.3) is 10.8 Å². The fourth-order valence-electron chi connectivity index (χ4n) is 5.29. The molecule has 1 amide bonds. The van der Waals surface area contributed by atoms with E-state index in [4.69, 9.17) is 14.6 Å². The molecule has 1 atom stereocenters. The van der Waals surface area contributed by atoms with Crippen LogP contribution in [0.1, 0.15) is 42.5 Å². The standard InChI is InChI=1S/C23H27N3O4.CH2O2/c27-20-18-6-2-1-5-17(18)19(14-24-20)21(28)26-11-7-23(8-12-26)13-16(30-22(23)29)15-25-9-3-4-10-25;2-1-3/h1-2,5-6,14,16H,3-4,7-13,15H2,(H,24,27);1H,(H,2,3). The third-order valence-electron chi connectivity index (χ3n) is 7.03. The fraction of sp³-hybridized carbons (Fsp3) is 0.500. The minimum atomic E-state index is -0.450. The van der Waals surface area contributed by atoms with Gasteiger partial charge in [-0.3, -0.25) is 24.1 Å². The number of carbonyl (C=O) groups is 3. The van der Waals surface area contributed by atoms with Crippen molar-refractivity contribution < 1.29 is 24.2 Å².